The second-order valence-electron chi connectivity index (χ2n) is 7.58. The predicted molar refractivity (Wildman–Crippen MR) is 128 cm³/mol. The van der Waals surface area contributed by atoms with Gasteiger partial charge in [0.1, 0.15) is 0 Å². The molecule has 0 aliphatic rings. The second kappa shape index (κ2) is 10.6. The number of rotatable bonds is 9. The highest BCUT2D eigenvalue weighted by molar-refractivity contribution is 6.05. The molecule has 1 aromatic heterocycles. The average Bonchev–Trinajstić information content (AvgIpc) is 2.84. The number of hydrogen-bond acceptors (Lipinski definition) is 6. The smallest absolute Gasteiger partial charge is 0.339 e. The molecule has 33 heavy (non-hydrogen) atoms. The molecular formula is C26H28N2O5. The average molecular weight is 449 g/mol. The Hall–Kier alpha value is -3.87. The number of para-hydroxylation sites is 1. The van der Waals surface area contributed by atoms with Crippen molar-refractivity contribution in [2.45, 2.75) is 13.8 Å². The molecular weight excluding hydrogens is 420 g/mol. The van der Waals surface area contributed by atoms with Gasteiger partial charge < -0.3 is 19.1 Å². The molecule has 7 nitrogen and oxygen atoms in total. The highest BCUT2D eigenvalue weighted by Crippen LogP contribution is 2.33. The molecule has 0 bridgehead atoms. The number of amides is 1. The van der Waals surface area contributed by atoms with Gasteiger partial charge in [-0.1, -0.05) is 30.4 Å². The third-order valence-corrected chi connectivity index (χ3v) is 5.14. The van der Waals surface area contributed by atoms with Crippen molar-refractivity contribution >= 4 is 22.8 Å². The Morgan fingerprint density at radius 3 is 2.42 bits per heavy atom. The molecule has 2 aromatic carbocycles. The maximum Gasteiger partial charge on any atom is 0.339 e. The van der Waals surface area contributed by atoms with E-state index in [-0.39, 0.29) is 12.5 Å². The van der Waals surface area contributed by atoms with Gasteiger partial charge in [-0.3, -0.25) is 4.79 Å². The summed E-state index contributed by atoms with van der Waals surface area (Å²) < 4.78 is 16.1. The molecule has 0 unspecified atom stereocenters. The van der Waals surface area contributed by atoms with Crippen molar-refractivity contribution in [1.82, 2.24) is 9.88 Å². The molecule has 1 heterocycles. The molecule has 0 aliphatic heterocycles. The van der Waals surface area contributed by atoms with E-state index in [2.05, 4.69) is 6.58 Å². The summed E-state index contributed by atoms with van der Waals surface area (Å²) in [5.74, 6) is 0.287. The van der Waals surface area contributed by atoms with Crippen LogP contribution < -0.4 is 9.47 Å². The predicted octanol–water partition coefficient (Wildman–Crippen LogP) is 4.50. The Balaban J connectivity index is 1.93. The molecule has 0 N–H and O–H groups in total. The van der Waals surface area contributed by atoms with Crippen LogP contribution in [0.4, 0.5) is 0 Å². The van der Waals surface area contributed by atoms with Crippen LogP contribution in [0.15, 0.2) is 60.7 Å². The van der Waals surface area contributed by atoms with E-state index in [1.807, 2.05) is 38.1 Å². The van der Waals surface area contributed by atoms with Gasteiger partial charge in [0.2, 0.25) is 0 Å². The summed E-state index contributed by atoms with van der Waals surface area (Å²) in [6, 6.07) is 14.4. The lowest BCUT2D eigenvalue weighted by molar-refractivity contribution is -0.133. The highest BCUT2D eigenvalue weighted by Gasteiger charge is 2.19. The van der Waals surface area contributed by atoms with Gasteiger partial charge in [0, 0.05) is 24.0 Å². The summed E-state index contributed by atoms with van der Waals surface area (Å²) in [6.45, 7) is 8.14. The topological polar surface area (TPSA) is 78.0 Å². The minimum Gasteiger partial charge on any atom is -0.493 e. The van der Waals surface area contributed by atoms with Crippen LogP contribution in [0.3, 0.4) is 0 Å². The summed E-state index contributed by atoms with van der Waals surface area (Å²) in [5.41, 5.74) is 3.16. The van der Waals surface area contributed by atoms with Gasteiger partial charge in [0.05, 0.1) is 31.0 Å². The zero-order valence-electron chi connectivity index (χ0n) is 19.4. The molecule has 7 heteroatoms. The first-order valence-electron chi connectivity index (χ1n) is 10.6. The van der Waals surface area contributed by atoms with Gasteiger partial charge in [-0.25, -0.2) is 9.78 Å². The largest absolute Gasteiger partial charge is 0.493 e. The number of carbonyl (C=O) groups excluding carboxylic acids is 2. The number of ether oxygens (including phenoxy) is 3. The van der Waals surface area contributed by atoms with Crippen molar-refractivity contribution in [2.24, 2.45) is 0 Å². The number of fused-ring (bicyclic) bond motifs is 1. The summed E-state index contributed by atoms with van der Waals surface area (Å²) in [4.78, 5) is 31.8. The van der Waals surface area contributed by atoms with E-state index in [0.29, 0.717) is 46.7 Å². The molecule has 0 fully saturated rings. The lowest BCUT2D eigenvalue weighted by atomic mass is 10.0. The van der Waals surface area contributed by atoms with Gasteiger partial charge in [-0.05, 0) is 44.2 Å². The van der Waals surface area contributed by atoms with Crippen molar-refractivity contribution in [3.8, 4) is 22.8 Å². The SMILES string of the molecule is C=C(C)CN(CC)C(=O)COC(=O)c1cc(-c2ccc(OC)c(OC)c2)nc2ccccc12. The van der Waals surface area contributed by atoms with Gasteiger partial charge >= 0.3 is 5.97 Å². The maximum absolute atomic E-state index is 13.0. The van der Waals surface area contributed by atoms with E-state index in [0.717, 1.165) is 11.1 Å². The van der Waals surface area contributed by atoms with Crippen molar-refractivity contribution < 1.29 is 23.8 Å². The first-order valence-corrected chi connectivity index (χ1v) is 10.6. The van der Waals surface area contributed by atoms with Crippen molar-refractivity contribution in [3.05, 3.63) is 66.2 Å². The molecule has 1 amide bonds. The van der Waals surface area contributed by atoms with Crippen LogP contribution in [-0.2, 0) is 9.53 Å². The van der Waals surface area contributed by atoms with Crippen molar-refractivity contribution in [3.63, 3.8) is 0 Å². The molecule has 0 radical (unpaired) electrons. The fourth-order valence-corrected chi connectivity index (χ4v) is 3.49. The Bertz CT molecular complexity index is 1190. The highest BCUT2D eigenvalue weighted by atomic mass is 16.5. The van der Waals surface area contributed by atoms with E-state index in [1.165, 1.54) is 0 Å². The quantitative estimate of drug-likeness (QED) is 0.354. The molecule has 0 saturated heterocycles. The number of aromatic nitrogens is 1. The minimum atomic E-state index is -0.588. The fourth-order valence-electron chi connectivity index (χ4n) is 3.49. The van der Waals surface area contributed by atoms with Gasteiger partial charge in [0.25, 0.3) is 5.91 Å². The zero-order valence-corrected chi connectivity index (χ0v) is 19.4. The summed E-state index contributed by atoms with van der Waals surface area (Å²) in [5, 5.41) is 0.647. The Morgan fingerprint density at radius 2 is 1.76 bits per heavy atom. The van der Waals surface area contributed by atoms with Crippen LogP contribution in [0.1, 0.15) is 24.2 Å². The van der Waals surface area contributed by atoms with E-state index >= 15 is 0 Å². The van der Waals surface area contributed by atoms with Crippen LogP contribution in [0.25, 0.3) is 22.2 Å². The van der Waals surface area contributed by atoms with Gasteiger partial charge in [0.15, 0.2) is 18.1 Å². The van der Waals surface area contributed by atoms with Gasteiger partial charge in [-0.15, -0.1) is 0 Å². The lowest BCUT2D eigenvalue weighted by Crippen LogP contribution is -2.35. The molecule has 0 atom stereocenters. The number of methoxy groups -OCH3 is 2. The first kappa shape index (κ1) is 23.8. The Labute approximate surface area is 193 Å². The number of pyridine rings is 1. The summed E-state index contributed by atoms with van der Waals surface area (Å²) >= 11 is 0. The molecule has 3 aromatic rings. The standard InChI is InChI=1S/C26H28N2O5/c1-6-28(15-17(2)3)25(29)16-33-26(30)20-14-22(27-21-10-8-7-9-19(20)21)18-11-12-23(31-4)24(13-18)32-5/h7-14H,2,6,15-16H2,1,3-5H3. The second-order valence-corrected chi connectivity index (χ2v) is 7.58. The Morgan fingerprint density at radius 1 is 1.03 bits per heavy atom. The van der Waals surface area contributed by atoms with Crippen molar-refractivity contribution in [1.29, 1.82) is 0 Å². The molecule has 172 valence electrons. The minimum absolute atomic E-state index is 0.271. The number of esters is 1. The van der Waals surface area contributed by atoms with Crippen LogP contribution in [-0.4, -0.2) is 55.7 Å². The monoisotopic (exact) mass is 448 g/mol. The van der Waals surface area contributed by atoms with Gasteiger partial charge in [-0.2, -0.15) is 0 Å². The zero-order chi connectivity index (χ0) is 24.0. The molecule has 3 rings (SSSR count). The first-order chi connectivity index (χ1) is 15.9. The van der Waals surface area contributed by atoms with E-state index in [4.69, 9.17) is 19.2 Å². The number of benzene rings is 2. The molecule has 0 spiro atoms. The van der Waals surface area contributed by atoms with Crippen LogP contribution in [0.5, 0.6) is 11.5 Å². The number of carbonyl (C=O) groups is 2. The normalized spacial score (nSPS) is 10.5. The van der Waals surface area contributed by atoms with E-state index in [1.54, 1.807) is 43.4 Å². The third-order valence-electron chi connectivity index (χ3n) is 5.14. The van der Waals surface area contributed by atoms with Crippen LogP contribution >= 0.6 is 0 Å². The number of hydrogen-bond donors (Lipinski definition) is 0. The number of likely N-dealkylation sites (N-methyl/N-ethyl adjacent to an activating group) is 1. The van der Waals surface area contributed by atoms with Crippen molar-refractivity contribution in [2.75, 3.05) is 33.9 Å². The van der Waals surface area contributed by atoms with E-state index < -0.39 is 5.97 Å². The maximum atomic E-state index is 13.0. The summed E-state index contributed by atoms with van der Waals surface area (Å²) in [6.07, 6.45) is 0. The number of nitrogens with zero attached hydrogens (tertiary/aromatic N) is 2. The molecule has 0 aliphatic carbocycles. The lowest BCUT2D eigenvalue weighted by Gasteiger charge is -2.20. The fraction of sp³-hybridized carbons (Fsp3) is 0.269. The van der Waals surface area contributed by atoms with E-state index in [9.17, 15) is 9.59 Å². The summed E-state index contributed by atoms with van der Waals surface area (Å²) in [7, 11) is 3.12. The molecule has 0 saturated carbocycles. The van der Waals surface area contributed by atoms with Crippen LogP contribution in [0, 0.1) is 0 Å². The Kier molecular flexibility index (Phi) is 7.66. The third kappa shape index (κ3) is 5.49. The van der Waals surface area contributed by atoms with Crippen LogP contribution in [0.2, 0.25) is 0 Å².